The summed E-state index contributed by atoms with van der Waals surface area (Å²) >= 11 is 0. The highest BCUT2D eigenvalue weighted by Gasteiger charge is 2.19. The fourth-order valence-electron chi connectivity index (χ4n) is 2.36. The summed E-state index contributed by atoms with van der Waals surface area (Å²) in [7, 11) is 1.48. The van der Waals surface area contributed by atoms with Gasteiger partial charge in [-0.1, -0.05) is 18.2 Å². The SMILES string of the molecule is COc1ccccc1/C=C/C(=O)OC(C)C(=O)NCC(=O)Nc1ccc(F)c(F)c1F. The second-order valence-electron chi connectivity index (χ2n) is 6.14. The van der Waals surface area contributed by atoms with Gasteiger partial charge in [0, 0.05) is 11.6 Å². The maximum atomic E-state index is 13.5. The molecular weight excluding hydrogens is 417 g/mol. The van der Waals surface area contributed by atoms with Crippen LogP contribution in [-0.4, -0.2) is 37.5 Å². The monoisotopic (exact) mass is 436 g/mol. The smallest absolute Gasteiger partial charge is 0.331 e. The molecule has 2 amide bonds. The number of hydrogen-bond acceptors (Lipinski definition) is 5. The summed E-state index contributed by atoms with van der Waals surface area (Å²) in [4.78, 5) is 35.7. The van der Waals surface area contributed by atoms with E-state index < -0.39 is 53.6 Å². The van der Waals surface area contributed by atoms with Gasteiger partial charge in [0.05, 0.1) is 19.3 Å². The molecule has 7 nitrogen and oxygen atoms in total. The number of carbonyl (C=O) groups is 3. The zero-order chi connectivity index (χ0) is 23.0. The van der Waals surface area contributed by atoms with E-state index in [0.717, 1.165) is 12.1 Å². The summed E-state index contributed by atoms with van der Waals surface area (Å²) in [6, 6.07) is 8.42. The van der Waals surface area contributed by atoms with Crippen LogP contribution in [0.25, 0.3) is 6.08 Å². The Balaban J connectivity index is 1.84. The van der Waals surface area contributed by atoms with Gasteiger partial charge < -0.3 is 20.1 Å². The minimum Gasteiger partial charge on any atom is -0.496 e. The van der Waals surface area contributed by atoms with Gasteiger partial charge in [-0.25, -0.2) is 18.0 Å². The average molecular weight is 436 g/mol. The number of anilines is 1. The molecule has 2 rings (SSSR count). The molecule has 164 valence electrons. The van der Waals surface area contributed by atoms with Crippen molar-refractivity contribution in [2.24, 2.45) is 0 Å². The maximum absolute atomic E-state index is 13.5. The first-order chi connectivity index (χ1) is 14.7. The lowest BCUT2D eigenvalue weighted by molar-refractivity contribution is -0.150. The third-order valence-electron chi connectivity index (χ3n) is 3.93. The van der Waals surface area contributed by atoms with E-state index in [-0.39, 0.29) is 0 Å². The van der Waals surface area contributed by atoms with Gasteiger partial charge in [0.1, 0.15) is 5.75 Å². The number of ether oxygens (including phenoxy) is 2. The summed E-state index contributed by atoms with van der Waals surface area (Å²) in [6.07, 6.45) is 1.33. The van der Waals surface area contributed by atoms with Gasteiger partial charge in [0.15, 0.2) is 23.6 Å². The molecule has 0 heterocycles. The molecule has 10 heteroatoms. The maximum Gasteiger partial charge on any atom is 0.331 e. The largest absolute Gasteiger partial charge is 0.496 e. The minimum absolute atomic E-state index is 0.542. The van der Waals surface area contributed by atoms with Crippen LogP contribution in [0.3, 0.4) is 0 Å². The summed E-state index contributed by atoms with van der Waals surface area (Å²) in [5.74, 6) is -6.65. The molecule has 1 atom stereocenters. The van der Waals surface area contributed by atoms with E-state index in [1.165, 1.54) is 20.1 Å². The van der Waals surface area contributed by atoms with E-state index in [2.05, 4.69) is 5.32 Å². The molecule has 0 aliphatic rings. The lowest BCUT2D eigenvalue weighted by atomic mass is 10.2. The fraction of sp³-hybridized carbons (Fsp3) is 0.190. The van der Waals surface area contributed by atoms with Gasteiger partial charge in [-0.3, -0.25) is 9.59 Å². The molecule has 0 saturated carbocycles. The lowest BCUT2D eigenvalue weighted by Gasteiger charge is -2.13. The van der Waals surface area contributed by atoms with Crippen LogP contribution in [0, 0.1) is 17.5 Å². The van der Waals surface area contributed by atoms with E-state index >= 15 is 0 Å². The molecule has 2 aromatic rings. The molecule has 0 aliphatic heterocycles. The third kappa shape index (κ3) is 6.59. The fourth-order valence-corrected chi connectivity index (χ4v) is 2.36. The van der Waals surface area contributed by atoms with Crippen LogP contribution in [-0.2, 0) is 19.1 Å². The first kappa shape index (κ1) is 23.5. The molecule has 2 aromatic carbocycles. The predicted molar refractivity (Wildman–Crippen MR) is 106 cm³/mol. The predicted octanol–water partition coefficient (Wildman–Crippen LogP) is 2.81. The molecule has 0 aliphatic carbocycles. The van der Waals surface area contributed by atoms with Crippen LogP contribution in [0.15, 0.2) is 42.5 Å². The quantitative estimate of drug-likeness (QED) is 0.377. The molecule has 0 aromatic heterocycles. The number of hydrogen-bond donors (Lipinski definition) is 2. The van der Waals surface area contributed by atoms with Gasteiger partial charge in [-0.2, -0.15) is 0 Å². The Morgan fingerprint density at radius 3 is 2.48 bits per heavy atom. The van der Waals surface area contributed by atoms with E-state index in [9.17, 15) is 27.6 Å². The van der Waals surface area contributed by atoms with Crippen LogP contribution in [0.2, 0.25) is 0 Å². The minimum atomic E-state index is -1.73. The molecule has 2 N–H and O–H groups in total. The number of para-hydroxylation sites is 1. The van der Waals surface area contributed by atoms with Crippen molar-refractivity contribution in [3.05, 3.63) is 65.5 Å². The number of methoxy groups -OCH3 is 1. The van der Waals surface area contributed by atoms with Gasteiger partial charge in [0.25, 0.3) is 5.91 Å². The van der Waals surface area contributed by atoms with E-state index in [1.807, 2.05) is 5.32 Å². The third-order valence-corrected chi connectivity index (χ3v) is 3.93. The van der Waals surface area contributed by atoms with Crippen molar-refractivity contribution < 1.29 is 37.0 Å². The highest BCUT2D eigenvalue weighted by atomic mass is 19.2. The number of rotatable bonds is 8. The van der Waals surface area contributed by atoms with Gasteiger partial charge in [-0.05, 0) is 31.2 Å². The molecule has 0 saturated heterocycles. The van der Waals surface area contributed by atoms with Gasteiger partial charge in [-0.15, -0.1) is 0 Å². The molecule has 0 radical (unpaired) electrons. The van der Waals surface area contributed by atoms with Crippen molar-refractivity contribution in [3.63, 3.8) is 0 Å². The first-order valence-corrected chi connectivity index (χ1v) is 8.95. The summed E-state index contributed by atoms with van der Waals surface area (Å²) in [5, 5.41) is 4.18. The van der Waals surface area contributed by atoms with E-state index in [4.69, 9.17) is 9.47 Å². The van der Waals surface area contributed by atoms with Gasteiger partial charge >= 0.3 is 5.97 Å². The number of nitrogens with one attached hydrogen (secondary N) is 2. The molecule has 0 spiro atoms. The summed E-state index contributed by atoms with van der Waals surface area (Å²) in [6.45, 7) is 0.674. The van der Waals surface area contributed by atoms with Crippen molar-refractivity contribution in [2.45, 2.75) is 13.0 Å². The number of amides is 2. The number of carbonyl (C=O) groups excluding carboxylic acids is 3. The second-order valence-corrected chi connectivity index (χ2v) is 6.14. The van der Waals surface area contributed by atoms with Crippen LogP contribution < -0.4 is 15.4 Å². The molecule has 1 unspecified atom stereocenters. The number of esters is 1. The Bertz CT molecular complexity index is 1010. The lowest BCUT2D eigenvalue weighted by Crippen LogP contribution is -2.40. The van der Waals surface area contributed by atoms with Crippen molar-refractivity contribution in [1.82, 2.24) is 5.32 Å². The zero-order valence-electron chi connectivity index (χ0n) is 16.6. The van der Waals surface area contributed by atoms with Crippen LogP contribution in [0.1, 0.15) is 12.5 Å². The van der Waals surface area contributed by atoms with Crippen LogP contribution >= 0.6 is 0 Å². The Morgan fingerprint density at radius 1 is 1.06 bits per heavy atom. The summed E-state index contributed by atoms with van der Waals surface area (Å²) < 4.78 is 49.7. The zero-order valence-corrected chi connectivity index (χ0v) is 16.6. The highest BCUT2D eigenvalue weighted by Crippen LogP contribution is 2.20. The van der Waals surface area contributed by atoms with Crippen LogP contribution in [0.5, 0.6) is 5.75 Å². The molecule has 0 bridgehead atoms. The highest BCUT2D eigenvalue weighted by molar-refractivity contribution is 5.96. The van der Waals surface area contributed by atoms with Crippen LogP contribution in [0.4, 0.5) is 18.9 Å². The Hall–Kier alpha value is -3.82. The summed E-state index contributed by atoms with van der Waals surface area (Å²) in [5.41, 5.74) is 0.0410. The number of benzene rings is 2. The van der Waals surface area contributed by atoms with E-state index in [0.29, 0.717) is 17.4 Å². The Morgan fingerprint density at radius 2 is 1.77 bits per heavy atom. The first-order valence-electron chi connectivity index (χ1n) is 8.95. The Labute approximate surface area is 175 Å². The van der Waals surface area contributed by atoms with Crippen molar-refractivity contribution in [2.75, 3.05) is 19.0 Å². The topological polar surface area (TPSA) is 93.7 Å². The van der Waals surface area contributed by atoms with Gasteiger partial charge in [0.2, 0.25) is 5.91 Å². The Kier molecular flexibility index (Phi) is 8.18. The van der Waals surface area contributed by atoms with E-state index in [1.54, 1.807) is 24.3 Å². The molecule has 31 heavy (non-hydrogen) atoms. The van der Waals surface area contributed by atoms with Crippen molar-refractivity contribution >= 4 is 29.5 Å². The normalized spacial score (nSPS) is 11.6. The van der Waals surface area contributed by atoms with Crippen molar-refractivity contribution in [1.29, 1.82) is 0 Å². The second kappa shape index (κ2) is 10.8. The standard InChI is InChI=1S/C21H19F3N2O5/c1-12(31-18(28)10-7-13-5-3-4-6-16(13)30-2)21(29)25-11-17(27)26-15-9-8-14(22)19(23)20(15)24/h3-10,12H,11H2,1-2H3,(H,25,29)(H,26,27)/b10-7+. The molecule has 0 fully saturated rings. The molecular formula is C21H19F3N2O5. The van der Waals surface area contributed by atoms with Crippen molar-refractivity contribution in [3.8, 4) is 5.75 Å². The average Bonchev–Trinajstić information content (AvgIpc) is 2.76. The number of halogens is 3.